The second-order valence-electron chi connectivity index (χ2n) is 5.32. The van der Waals surface area contributed by atoms with Gasteiger partial charge in [0, 0.05) is 18.4 Å². The van der Waals surface area contributed by atoms with Gasteiger partial charge in [0.25, 0.3) is 5.91 Å². The van der Waals surface area contributed by atoms with Crippen molar-refractivity contribution in [1.29, 1.82) is 0 Å². The number of nitrogens with one attached hydrogen (secondary N) is 1. The van der Waals surface area contributed by atoms with Gasteiger partial charge in [0.1, 0.15) is 0 Å². The fourth-order valence-electron chi connectivity index (χ4n) is 2.37. The third kappa shape index (κ3) is 4.64. The molecule has 1 aromatic carbocycles. The average Bonchev–Trinajstić information content (AvgIpc) is 2.60. The maximum atomic E-state index is 12.2. The molecule has 23 heavy (non-hydrogen) atoms. The van der Waals surface area contributed by atoms with Crippen molar-refractivity contribution in [3.8, 4) is 0 Å². The maximum absolute atomic E-state index is 12.2. The van der Waals surface area contributed by atoms with Crippen LogP contribution in [0, 0.1) is 5.92 Å². The molecule has 5 heteroatoms. The fourth-order valence-corrected chi connectivity index (χ4v) is 2.37. The van der Waals surface area contributed by atoms with Crippen LogP contribution in [0.15, 0.2) is 54.9 Å². The Hall–Kier alpha value is -2.69. The summed E-state index contributed by atoms with van der Waals surface area (Å²) >= 11 is 0. The number of carbonyl (C=O) groups is 2. The van der Waals surface area contributed by atoms with Gasteiger partial charge < -0.3 is 10.1 Å². The number of esters is 1. The zero-order valence-electron chi connectivity index (χ0n) is 13.2. The lowest BCUT2D eigenvalue weighted by molar-refractivity contribution is -0.146. The number of hydrogen-bond donors (Lipinski definition) is 1. The fraction of sp³-hybridized carbons (Fsp3) is 0.278. The van der Waals surface area contributed by atoms with Crippen LogP contribution in [0.4, 0.5) is 0 Å². The summed E-state index contributed by atoms with van der Waals surface area (Å²) in [6.45, 7) is 1.80. The van der Waals surface area contributed by atoms with Gasteiger partial charge in [0.15, 0.2) is 0 Å². The number of aromatic nitrogens is 1. The predicted octanol–water partition coefficient (Wildman–Crippen LogP) is 2.23. The molecule has 0 radical (unpaired) electrons. The topological polar surface area (TPSA) is 68.3 Å². The Balaban J connectivity index is 2.09. The van der Waals surface area contributed by atoms with E-state index in [4.69, 9.17) is 4.74 Å². The molecule has 1 heterocycles. The standard InChI is InChI=1S/C18H20N2O3/c1-13(20-17(21)15-9-6-10-19-12-15)16(18(22)23-2)11-14-7-4-3-5-8-14/h3-10,12-13,16H,11H2,1-2H3,(H,20,21)/t13-,16+/m1/s1. The summed E-state index contributed by atoms with van der Waals surface area (Å²) in [4.78, 5) is 28.2. The van der Waals surface area contributed by atoms with Crippen molar-refractivity contribution in [3.63, 3.8) is 0 Å². The molecule has 0 saturated carbocycles. The minimum absolute atomic E-state index is 0.257. The molecule has 2 atom stereocenters. The smallest absolute Gasteiger partial charge is 0.311 e. The van der Waals surface area contributed by atoms with Gasteiger partial charge in [-0.05, 0) is 31.0 Å². The first-order valence-corrected chi connectivity index (χ1v) is 7.44. The Bertz CT molecular complexity index is 644. The monoisotopic (exact) mass is 312 g/mol. The van der Waals surface area contributed by atoms with Gasteiger partial charge in [-0.15, -0.1) is 0 Å². The van der Waals surface area contributed by atoms with E-state index in [1.165, 1.54) is 13.3 Å². The van der Waals surface area contributed by atoms with Crippen molar-refractivity contribution in [2.45, 2.75) is 19.4 Å². The summed E-state index contributed by atoms with van der Waals surface area (Å²) in [5, 5.41) is 2.85. The van der Waals surface area contributed by atoms with E-state index in [1.54, 1.807) is 25.3 Å². The second kappa shape index (κ2) is 8.08. The lowest BCUT2D eigenvalue weighted by Crippen LogP contribution is -2.42. The first-order valence-electron chi connectivity index (χ1n) is 7.44. The highest BCUT2D eigenvalue weighted by Crippen LogP contribution is 2.15. The average molecular weight is 312 g/mol. The number of rotatable bonds is 6. The van der Waals surface area contributed by atoms with Crippen LogP contribution in [0.5, 0.6) is 0 Å². The van der Waals surface area contributed by atoms with Crippen LogP contribution < -0.4 is 5.32 Å². The Morgan fingerprint density at radius 2 is 1.91 bits per heavy atom. The largest absolute Gasteiger partial charge is 0.469 e. The molecule has 0 aliphatic heterocycles. The lowest BCUT2D eigenvalue weighted by atomic mass is 9.93. The van der Waals surface area contributed by atoms with E-state index < -0.39 is 5.92 Å². The maximum Gasteiger partial charge on any atom is 0.311 e. The summed E-state index contributed by atoms with van der Waals surface area (Å²) in [5.41, 5.74) is 1.48. The van der Waals surface area contributed by atoms with E-state index in [0.29, 0.717) is 12.0 Å². The SMILES string of the molecule is COC(=O)[C@@H](Cc1ccccc1)[C@@H](C)NC(=O)c1cccnc1. The summed E-state index contributed by atoms with van der Waals surface area (Å²) in [6.07, 6.45) is 3.60. The van der Waals surface area contributed by atoms with Crippen LogP contribution in [0.2, 0.25) is 0 Å². The minimum atomic E-state index is -0.456. The number of amides is 1. The highest BCUT2D eigenvalue weighted by Gasteiger charge is 2.27. The molecule has 0 aliphatic rings. The third-order valence-electron chi connectivity index (χ3n) is 3.69. The van der Waals surface area contributed by atoms with Gasteiger partial charge in [-0.25, -0.2) is 0 Å². The quantitative estimate of drug-likeness (QED) is 0.831. The van der Waals surface area contributed by atoms with Crippen LogP contribution in [-0.4, -0.2) is 30.0 Å². The van der Waals surface area contributed by atoms with Gasteiger partial charge in [-0.1, -0.05) is 30.3 Å². The number of benzene rings is 1. The summed E-state index contributed by atoms with van der Waals surface area (Å²) in [6, 6.07) is 12.7. The zero-order chi connectivity index (χ0) is 16.7. The van der Waals surface area contributed by atoms with Crippen molar-refractivity contribution in [2.75, 3.05) is 7.11 Å². The molecule has 120 valence electrons. The van der Waals surface area contributed by atoms with Crippen LogP contribution in [0.3, 0.4) is 0 Å². The number of carbonyl (C=O) groups excluding carboxylic acids is 2. The van der Waals surface area contributed by atoms with Crippen molar-refractivity contribution >= 4 is 11.9 Å². The molecule has 1 aromatic heterocycles. The number of ether oxygens (including phenoxy) is 1. The molecule has 0 fully saturated rings. The van der Waals surface area contributed by atoms with E-state index >= 15 is 0 Å². The molecule has 2 rings (SSSR count). The van der Waals surface area contributed by atoms with E-state index in [0.717, 1.165) is 5.56 Å². The van der Waals surface area contributed by atoms with Gasteiger partial charge in [-0.3, -0.25) is 14.6 Å². The van der Waals surface area contributed by atoms with Crippen LogP contribution in [0.1, 0.15) is 22.8 Å². The Labute approximate surface area is 135 Å². The zero-order valence-corrected chi connectivity index (χ0v) is 13.2. The summed E-state index contributed by atoms with van der Waals surface area (Å²) in [5.74, 6) is -1.05. The Morgan fingerprint density at radius 1 is 1.17 bits per heavy atom. The van der Waals surface area contributed by atoms with E-state index in [1.807, 2.05) is 30.3 Å². The summed E-state index contributed by atoms with van der Waals surface area (Å²) in [7, 11) is 1.36. The summed E-state index contributed by atoms with van der Waals surface area (Å²) < 4.78 is 4.89. The number of hydrogen-bond acceptors (Lipinski definition) is 4. The molecule has 0 unspecified atom stereocenters. The first-order chi connectivity index (χ1) is 11.1. The third-order valence-corrected chi connectivity index (χ3v) is 3.69. The highest BCUT2D eigenvalue weighted by atomic mass is 16.5. The van der Waals surface area contributed by atoms with Crippen LogP contribution in [0.25, 0.3) is 0 Å². The molecular weight excluding hydrogens is 292 g/mol. The van der Waals surface area contributed by atoms with Crippen molar-refractivity contribution < 1.29 is 14.3 Å². The van der Waals surface area contributed by atoms with E-state index in [2.05, 4.69) is 10.3 Å². The Kier molecular flexibility index (Phi) is 5.86. The molecule has 2 aromatic rings. The van der Waals surface area contributed by atoms with Gasteiger partial charge in [0.2, 0.25) is 0 Å². The number of methoxy groups -OCH3 is 1. The van der Waals surface area contributed by atoms with Crippen LogP contribution >= 0.6 is 0 Å². The minimum Gasteiger partial charge on any atom is -0.469 e. The molecule has 0 bridgehead atoms. The molecule has 1 N–H and O–H groups in total. The Morgan fingerprint density at radius 3 is 2.52 bits per heavy atom. The molecule has 0 spiro atoms. The van der Waals surface area contributed by atoms with E-state index in [9.17, 15) is 9.59 Å². The lowest BCUT2D eigenvalue weighted by Gasteiger charge is -2.23. The molecule has 5 nitrogen and oxygen atoms in total. The molecule has 0 aliphatic carbocycles. The molecular formula is C18H20N2O3. The number of pyridine rings is 1. The van der Waals surface area contributed by atoms with Crippen LogP contribution in [-0.2, 0) is 16.0 Å². The number of nitrogens with zero attached hydrogens (tertiary/aromatic N) is 1. The van der Waals surface area contributed by atoms with Crippen molar-refractivity contribution in [1.82, 2.24) is 10.3 Å². The normalized spacial score (nSPS) is 13.0. The van der Waals surface area contributed by atoms with E-state index in [-0.39, 0.29) is 17.9 Å². The second-order valence-corrected chi connectivity index (χ2v) is 5.32. The van der Waals surface area contributed by atoms with Crippen molar-refractivity contribution in [2.24, 2.45) is 5.92 Å². The highest BCUT2D eigenvalue weighted by molar-refractivity contribution is 5.94. The van der Waals surface area contributed by atoms with Gasteiger partial charge >= 0.3 is 5.97 Å². The molecule has 0 saturated heterocycles. The van der Waals surface area contributed by atoms with Gasteiger partial charge in [-0.2, -0.15) is 0 Å². The molecule has 1 amide bonds. The predicted molar refractivity (Wildman–Crippen MR) is 86.8 cm³/mol. The first kappa shape index (κ1) is 16.7. The van der Waals surface area contributed by atoms with Gasteiger partial charge in [0.05, 0.1) is 18.6 Å². The van der Waals surface area contributed by atoms with Crippen molar-refractivity contribution in [3.05, 3.63) is 66.0 Å².